The van der Waals surface area contributed by atoms with Crippen LogP contribution in [0.25, 0.3) is 11.4 Å². The molecular formula is C22H22N6O2. The Morgan fingerprint density at radius 3 is 2.67 bits per heavy atom. The summed E-state index contributed by atoms with van der Waals surface area (Å²) in [5.74, 6) is 0.651. The van der Waals surface area contributed by atoms with Gasteiger partial charge in [0.25, 0.3) is 5.91 Å². The molecule has 2 aromatic carbocycles. The first-order chi connectivity index (χ1) is 14.7. The van der Waals surface area contributed by atoms with Gasteiger partial charge in [-0.3, -0.25) is 9.59 Å². The molecule has 8 heteroatoms. The van der Waals surface area contributed by atoms with E-state index in [1.54, 1.807) is 17.0 Å². The molecule has 1 saturated heterocycles. The molecule has 3 aromatic rings. The van der Waals surface area contributed by atoms with Crippen molar-refractivity contribution in [2.24, 2.45) is 0 Å². The first-order valence-electron chi connectivity index (χ1n) is 10.3. The Hall–Kier alpha value is -3.55. The number of carbonyl (C=O) groups is 2. The van der Waals surface area contributed by atoms with Crippen LogP contribution in [0.5, 0.6) is 0 Å². The van der Waals surface area contributed by atoms with Crippen molar-refractivity contribution in [3.63, 3.8) is 0 Å². The van der Waals surface area contributed by atoms with Crippen molar-refractivity contribution >= 4 is 23.2 Å². The molecule has 1 saturated carbocycles. The van der Waals surface area contributed by atoms with E-state index in [1.807, 2.05) is 41.1 Å². The predicted octanol–water partition coefficient (Wildman–Crippen LogP) is 3.44. The monoisotopic (exact) mass is 402 g/mol. The van der Waals surface area contributed by atoms with E-state index in [0.29, 0.717) is 29.5 Å². The quantitative estimate of drug-likeness (QED) is 0.706. The molecule has 0 bridgehead atoms. The first kappa shape index (κ1) is 18.5. The third-order valence-corrected chi connectivity index (χ3v) is 5.53. The van der Waals surface area contributed by atoms with Gasteiger partial charge in [0.1, 0.15) is 0 Å². The maximum Gasteiger partial charge on any atom is 0.255 e. The van der Waals surface area contributed by atoms with E-state index in [0.717, 1.165) is 43.5 Å². The van der Waals surface area contributed by atoms with Crippen molar-refractivity contribution in [3.05, 3.63) is 54.1 Å². The number of rotatable bonds is 5. The zero-order valence-corrected chi connectivity index (χ0v) is 16.5. The van der Waals surface area contributed by atoms with Gasteiger partial charge in [-0.25, -0.2) is 4.68 Å². The van der Waals surface area contributed by atoms with E-state index < -0.39 is 0 Å². The number of benzene rings is 2. The van der Waals surface area contributed by atoms with Crippen molar-refractivity contribution in [1.29, 1.82) is 0 Å². The third kappa shape index (κ3) is 3.68. The third-order valence-electron chi connectivity index (χ3n) is 5.53. The Balaban J connectivity index is 1.30. The van der Waals surface area contributed by atoms with Crippen LogP contribution < -0.4 is 10.2 Å². The molecule has 2 fully saturated rings. The molecule has 2 amide bonds. The van der Waals surface area contributed by atoms with Crippen LogP contribution in [0.1, 0.15) is 48.5 Å². The van der Waals surface area contributed by atoms with Crippen LogP contribution in [0.3, 0.4) is 0 Å². The Kier molecular flexibility index (Phi) is 4.74. The Labute approximate surface area is 173 Å². The number of amides is 2. The van der Waals surface area contributed by atoms with Gasteiger partial charge in [-0.15, -0.1) is 5.10 Å². The van der Waals surface area contributed by atoms with Crippen molar-refractivity contribution in [2.45, 2.75) is 38.1 Å². The summed E-state index contributed by atoms with van der Waals surface area (Å²) in [6, 6.07) is 15.1. The number of hydrogen-bond acceptors (Lipinski definition) is 5. The standard InChI is InChI=1S/C22H22N6O2/c29-20-6-1-2-13-27(20)18-9-7-15(8-10-18)22(30)23-17-5-3-4-16(14-17)21-24-25-26-28(21)19-11-12-19/h3-5,7-10,14,19H,1-2,6,11-13H2,(H,23,30). The molecule has 5 rings (SSSR count). The number of tetrazole rings is 1. The fourth-order valence-corrected chi connectivity index (χ4v) is 3.76. The molecule has 1 aromatic heterocycles. The van der Waals surface area contributed by atoms with Gasteiger partial charge in [-0.05, 0) is 72.5 Å². The van der Waals surface area contributed by atoms with Gasteiger partial charge in [0, 0.05) is 35.5 Å². The smallest absolute Gasteiger partial charge is 0.255 e. The number of carbonyl (C=O) groups excluding carboxylic acids is 2. The lowest BCUT2D eigenvalue weighted by molar-refractivity contribution is -0.119. The maximum atomic E-state index is 12.7. The van der Waals surface area contributed by atoms with Crippen LogP contribution in [0.15, 0.2) is 48.5 Å². The van der Waals surface area contributed by atoms with Gasteiger partial charge in [0.2, 0.25) is 5.91 Å². The molecule has 8 nitrogen and oxygen atoms in total. The average molecular weight is 402 g/mol. The van der Waals surface area contributed by atoms with Gasteiger partial charge < -0.3 is 10.2 Å². The number of hydrogen-bond donors (Lipinski definition) is 1. The van der Waals surface area contributed by atoms with E-state index >= 15 is 0 Å². The van der Waals surface area contributed by atoms with E-state index in [9.17, 15) is 9.59 Å². The molecule has 2 aliphatic rings. The molecule has 152 valence electrons. The summed E-state index contributed by atoms with van der Waals surface area (Å²) < 4.78 is 1.85. The number of anilines is 2. The fourth-order valence-electron chi connectivity index (χ4n) is 3.76. The zero-order valence-electron chi connectivity index (χ0n) is 16.5. The van der Waals surface area contributed by atoms with Crippen molar-refractivity contribution < 1.29 is 9.59 Å². The first-order valence-corrected chi connectivity index (χ1v) is 10.3. The van der Waals surface area contributed by atoms with Gasteiger partial charge in [0.05, 0.1) is 6.04 Å². The second-order valence-corrected chi connectivity index (χ2v) is 7.76. The molecule has 0 radical (unpaired) electrons. The van der Waals surface area contributed by atoms with Gasteiger partial charge in [-0.2, -0.15) is 0 Å². The Bertz CT molecular complexity index is 1090. The van der Waals surface area contributed by atoms with Gasteiger partial charge in [-0.1, -0.05) is 12.1 Å². The van der Waals surface area contributed by atoms with E-state index in [2.05, 4.69) is 20.8 Å². The Morgan fingerprint density at radius 2 is 1.90 bits per heavy atom. The van der Waals surface area contributed by atoms with Crippen molar-refractivity contribution in [1.82, 2.24) is 20.2 Å². The number of nitrogens with zero attached hydrogens (tertiary/aromatic N) is 5. The number of aromatic nitrogens is 4. The molecule has 0 atom stereocenters. The van der Waals surface area contributed by atoms with E-state index in [-0.39, 0.29) is 11.8 Å². The predicted molar refractivity (Wildman–Crippen MR) is 112 cm³/mol. The highest BCUT2D eigenvalue weighted by molar-refractivity contribution is 6.05. The lowest BCUT2D eigenvalue weighted by Gasteiger charge is -2.26. The van der Waals surface area contributed by atoms with Crippen LogP contribution in [0.4, 0.5) is 11.4 Å². The van der Waals surface area contributed by atoms with Gasteiger partial charge in [0.15, 0.2) is 5.82 Å². The highest BCUT2D eigenvalue weighted by atomic mass is 16.2. The molecule has 2 heterocycles. The lowest BCUT2D eigenvalue weighted by Crippen LogP contribution is -2.35. The van der Waals surface area contributed by atoms with Crippen molar-refractivity contribution in [3.8, 4) is 11.4 Å². The molecule has 1 N–H and O–H groups in total. The molecular weight excluding hydrogens is 380 g/mol. The minimum Gasteiger partial charge on any atom is -0.322 e. The summed E-state index contributed by atoms with van der Waals surface area (Å²) in [4.78, 5) is 26.6. The van der Waals surface area contributed by atoms with Gasteiger partial charge >= 0.3 is 0 Å². The highest BCUT2D eigenvalue weighted by Gasteiger charge is 2.28. The molecule has 30 heavy (non-hydrogen) atoms. The Morgan fingerprint density at radius 1 is 1.07 bits per heavy atom. The summed E-state index contributed by atoms with van der Waals surface area (Å²) in [7, 11) is 0. The second kappa shape index (κ2) is 7.70. The maximum absolute atomic E-state index is 12.7. The highest BCUT2D eigenvalue weighted by Crippen LogP contribution is 2.36. The van der Waals surface area contributed by atoms with E-state index in [4.69, 9.17) is 0 Å². The normalized spacial score (nSPS) is 16.5. The number of piperidine rings is 1. The lowest BCUT2D eigenvalue weighted by atomic mass is 10.1. The van der Waals surface area contributed by atoms with Crippen molar-refractivity contribution in [2.75, 3.05) is 16.8 Å². The topological polar surface area (TPSA) is 93.0 Å². The average Bonchev–Trinajstić information content (AvgIpc) is 3.50. The van der Waals surface area contributed by atoms with Crippen LogP contribution in [0, 0.1) is 0 Å². The minimum absolute atomic E-state index is 0.142. The molecule has 0 spiro atoms. The number of nitrogens with one attached hydrogen (secondary N) is 1. The molecule has 1 aliphatic carbocycles. The summed E-state index contributed by atoms with van der Waals surface area (Å²) in [6.45, 7) is 0.734. The summed E-state index contributed by atoms with van der Waals surface area (Å²) in [6.07, 6.45) is 4.72. The van der Waals surface area contributed by atoms with Crippen LogP contribution in [0.2, 0.25) is 0 Å². The minimum atomic E-state index is -0.203. The molecule has 1 aliphatic heterocycles. The summed E-state index contributed by atoms with van der Waals surface area (Å²) in [5, 5.41) is 15.0. The van der Waals surface area contributed by atoms with E-state index in [1.165, 1.54) is 0 Å². The molecule has 0 unspecified atom stereocenters. The fraction of sp³-hybridized carbons (Fsp3) is 0.318. The summed E-state index contributed by atoms with van der Waals surface area (Å²) >= 11 is 0. The summed E-state index contributed by atoms with van der Waals surface area (Å²) in [5.41, 5.74) is 2.92. The second-order valence-electron chi connectivity index (χ2n) is 7.76. The zero-order chi connectivity index (χ0) is 20.5. The SMILES string of the molecule is O=C(Nc1cccc(-c2nnnn2C2CC2)c1)c1ccc(N2CCCCC2=O)cc1. The van der Waals surface area contributed by atoms with Crippen LogP contribution in [-0.4, -0.2) is 38.6 Å². The van der Waals surface area contributed by atoms with Crippen LogP contribution in [-0.2, 0) is 4.79 Å². The van der Waals surface area contributed by atoms with Crippen LogP contribution >= 0.6 is 0 Å². The largest absolute Gasteiger partial charge is 0.322 e.